The molecule has 1 amide bonds. The first-order valence-electron chi connectivity index (χ1n) is 8.53. The Balaban J connectivity index is 1.61. The number of aryl methyl sites for hydroxylation is 2. The van der Waals surface area contributed by atoms with Gasteiger partial charge in [0.15, 0.2) is 0 Å². The van der Waals surface area contributed by atoms with Gasteiger partial charge in [0.1, 0.15) is 11.3 Å². The van der Waals surface area contributed by atoms with Crippen LogP contribution in [0.2, 0.25) is 0 Å². The molecule has 3 rings (SSSR count). The molecule has 0 bridgehead atoms. The van der Waals surface area contributed by atoms with Gasteiger partial charge in [-0.3, -0.25) is 9.89 Å². The molecule has 27 heavy (non-hydrogen) atoms. The molecule has 140 valence electrons. The van der Waals surface area contributed by atoms with E-state index in [2.05, 4.69) is 15.5 Å². The van der Waals surface area contributed by atoms with Gasteiger partial charge in [0.05, 0.1) is 11.4 Å². The number of anilines is 1. The third-order valence-corrected chi connectivity index (χ3v) is 4.17. The molecular formula is C19H20N4O4. The van der Waals surface area contributed by atoms with Gasteiger partial charge in [-0.2, -0.15) is 5.10 Å². The fourth-order valence-corrected chi connectivity index (χ4v) is 2.69. The van der Waals surface area contributed by atoms with Gasteiger partial charge in [-0.05, 0) is 43.7 Å². The molecule has 8 nitrogen and oxygen atoms in total. The van der Waals surface area contributed by atoms with E-state index in [1.807, 2.05) is 13.0 Å². The monoisotopic (exact) mass is 368 g/mol. The quantitative estimate of drug-likeness (QED) is 0.511. The van der Waals surface area contributed by atoms with E-state index in [-0.39, 0.29) is 23.6 Å². The highest BCUT2D eigenvalue weighted by Crippen LogP contribution is 2.21. The maximum absolute atomic E-state index is 12.2. The van der Waals surface area contributed by atoms with Gasteiger partial charge in [-0.1, -0.05) is 0 Å². The number of hydrogen-bond acceptors (Lipinski definition) is 4. The molecule has 1 aromatic carbocycles. The Morgan fingerprint density at radius 2 is 1.96 bits per heavy atom. The molecule has 4 N–H and O–H groups in total. The van der Waals surface area contributed by atoms with Crippen LogP contribution in [0.5, 0.6) is 5.75 Å². The number of nitrogens with one attached hydrogen (secondary N) is 2. The first-order chi connectivity index (χ1) is 13.0. The lowest BCUT2D eigenvalue weighted by Gasteiger charge is -2.03. The Kier molecular flexibility index (Phi) is 5.25. The minimum atomic E-state index is -1.08. The second-order valence-corrected chi connectivity index (χ2v) is 6.09. The molecule has 2 aromatic heterocycles. The number of carbonyl (C=O) groups excluding carboxylic acids is 1. The molecule has 0 aliphatic heterocycles. The Bertz CT molecular complexity index is 957. The number of amides is 1. The van der Waals surface area contributed by atoms with E-state index >= 15 is 0 Å². The predicted octanol–water partition coefficient (Wildman–Crippen LogP) is 2.87. The number of H-pyrrole nitrogens is 1. The molecule has 0 atom stereocenters. The number of carboxylic acid groups (broad SMARTS) is 1. The number of rotatable bonds is 7. The Morgan fingerprint density at radius 3 is 2.63 bits per heavy atom. The van der Waals surface area contributed by atoms with Crippen LogP contribution in [-0.4, -0.2) is 36.9 Å². The molecule has 0 saturated carbocycles. The zero-order valence-electron chi connectivity index (χ0n) is 14.8. The van der Waals surface area contributed by atoms with Crippen LogP contribution in [-0.2, 0) is 17.8 Å². The maximum Gasteiger partial charge on any atom is 0.339 e. The second-order valence-electron chi connectivity index (χ2n) is 6.09. The van der Waals surface area contributed by atoms with Gasteiger partial charge >= 0.3 is 5.97 Å². The van der Waals surface area contributed by atoms with Crippen LogP contribution in [0.15, 0.2) is 42.7 Å². The molecular weight excluding hydrogens is 348 g/mol. The van der Waals surface area contributed by atoms with Crippen molar-refractivity contribution in [3.05, 3.63) is 54.0 Å². The minimum Gasteiger partial charge on any atom is -0.508 e. The molecule has 0 aliphatic rings. The summed E-state index contributed by atoms with van der Waals surface area (Å²) in [5.41, 5.74) is 2.73. The Hall–Kier alpha value is -3.55. The van der Waals surface area contributed by atoms with Crippen molar-refractivity contribution in [1.82, 2.24) is 14.8 Å². The van der Waals surface area contributed by atoms with Crippen LogP contribution >= 0.6 is 0 Å². The van der Waals surface area contributed by atoms with Gasteiger partial charge in [-0.15, -0.1) is 0 Å². The standard InChI is InChI=1S/C19H20N4O4/c1-2-23-10-15(19(26)27)17(11-23)20-18(25)8-5-13-9-16(22-21-13)12-3-6-14(24)7-4-12/h3-4,6-7,9-11,24H,2,5,8H2,1H3,(H,20,25)(H,21,22)(H,26,27). The number of phenolic OH excluding ortho intramolecular Hbond substituents is 1. The number of carboxylic acids is 1. The normalized spacial score (nSPS) is 10.7. The lowest BCUT2D eigenvalue weighted by molar-refractivity contribution is -0.116. The van der Waals surface area contributed by atoms with E-state index in [0.29, 0.717) is 18.7 Å². The summed E-state index contributed by atoms with van der Waals surface area (Å²) in [6.45, 7) is 2.51. The summed E-state index contributed by atoms with van der Waals surface area (Å²) in [4.78, 5) is 23.5. The van der Waals surface area contributed by atoms with Gasteiger partial charge in [0.25, 0.3) is 0 Å². The summed E-state index contributed by atoms with van der Waals surface area (Å²) in [6, 6.07) is 8.52. The Morgan fingerprint density at radius 1 is 1.22 bits per heavy atom. The van der Waals surface area contributed by atoms with E-state index in [9.17, 15) is 19.8 Å². The number of carbonyl (C=O) groups is 2. The molecule has 2 heterocycles. The molecule has 0 fully saturated rings. The first kappa shape index (κ1) is 18.2. The highest BCUT2D eigenvalue weighted by molar-refractivity contribution is 6.00. The van der Waals surface area contributed by atoms with Gasteiger partial charge in [0.2, 0.25) is 5.91 Å². The molecule has 0 unspecified atom stereocenters. The number of aromatic nitrogens is 3. The largest absolute Gasteiger partial charge is 0.508 e. The van der Waals surface area contributed by atoms with Crippen molar-refractivity contribution < 1.29 is 19.8 Å². The molecule has 8 heteroatoms. The fraction of sp³-hybridized carbons (Fsp3) is 0.211. The fourth-order valence-electron chi connectivity index (χ4n) is 2.69. The summed E-state index contributed by atoms with van der Waals surface area (Å²) < 4.78 is 1.71. The van der Waals surface area contributed by atoms with Gasteiger partial charge in [-0.25, -0.2) is 4.79 Å². The number of aromatic hydroxyl groups is 1. The summed E-state index contributed by atoms with van der Waals surface area (Å²) in [7, 11) is 0. The zero-order valence-corrected chi connectivity index (χ0v) is 14.8. The van der Waals surface area contributed by atoms with Crippen LogP contribution in [0.25, 0.3) is 11.3 Å². The second kappa shape index (κ2) is 7.77. The van der Waals surface area contributed by atoms with E-state index in [0.717, 1.165) is 17.0 Å². The number of phenols is 1. The van der Waals surface area contributed by atoms with Crippen LogP contribution < -0.4 is 5.32 Å². The summed E-state index contributed by atoms with van der Waals surface area (Å²) in [5, 5.41) is 28.3. The average molecular weight is 368 g/mol. The highest BCUT2D eigenvalue weighted by atomic mass is 16.4. The van der Waals surface area contributed by atoms with Crippen molar-refractivity contribution in [1.29, 1.82) is 0 Å². The molecule has 3 aromatic rings. The number of benzene rings is 1. The summed E-state index contributed by atoms with van der Waals surface area (Å²) in [6.07, 6.45) is 3.73. The van der Waals surface area contributed by atoms with Crippen LogP contribution in [0.3, 0.4) is 0 Å². The van der Waals surface area contributed by atoms with Crippen molar-refractivity contribution >= 4 is 17.6 Å². The topological polar surface area (TPSA) is 120 Å². The predicted molar refractivity (Wildman–Crippen MR) is 99.7 cm³/mol. The lowest BCUT2D eigenvalue weighted by atomic mass is 10.1. The smallest absolute Gasteiger partial charge is 0.339 e. The minimum absolute atomic E-state index is 0.0707. The van der Waals surface area contributed by atoms with E-state index in [1.165, 1.54) is 6.20 Å². The number of nitrogens with zero attached hydrogens (tertiary/aromatic N) is 2. The van der Waals surface area contributed by atoms with Crippen molar-refractivity contribution in [3.63, 3.8) is 0 Å². The van der Waals surface area contributed by atoms with Crippen molar-refractivity contribution in [2.45, 2.75) is 26.3 Å². The van der Waals surface area contributed by atoms with E-state index < -0.39 is 5.97 Å². The third-order valence-electron chi connectivity index (χ3n) is 4.17. The number of aromatic amines is 1. The molecule has 0 saturated heterocycles. The summed E-state index contributed by atoms with van der Waals surface area (Å²) in [5.74, 6) is -1.17. The van der Waals surface area contributed by atoms with Crippen LogP contribution in [0.1, 0.15) is 29.4 Å². The zero-order chi connectivity index (χ0) is 19.4. The summed E-state index contributed by atoms with van der Waals surface area (Å²) >= 11 is 0. The SMILES string of the molecule is CCn1cc(NC(=O)CCc2cc(-c3ccc(O)cc3)n[nH]2)c(C(=O)O)c1. The Labute approximate surface area is 155 Å². The molecule has 0 radical (unpaired) electrons. The van der Waals surface area contributed by atoms with Crippen molar-refractivity contribution in [2.24, 2.45) is 0 Å². The third kappa shape index (κ3) is 4.35. The van der Waals surface area contributed by atoms with Crippen molar-refractivity contribution in [2.75, 3.05) is 5.32 Å². The average Bonchev–Trinajstić information content (AvgIpc) is 3.27. The number of hydrogen-bond donors (Lipinski definition) is 4. The van der Waals surface area contributed by atoms with Gasteiger partial charge in [0, 0.05) is 36.6 Å². The molecule has 0 aliphatic carbocycles. The first-order valence-corrected chi connectivity index (χ1v) is 8.53. The molecule has 0 spiro atoms. The van der Waals surface area contributed by atoms with E-state index in [1.54, 1.807) is 35.0 Å². The lowest BCUT2D eigenvalue weighted by Crippen LogP contribution is -2.14. The number of aromatic carboxylic acids is 1. The maximum atomic E-state index is 12.2. The van der Waals surface area contributed by atoms with Crippen LogP contribution in [0.4, 0.5) is 5.69 Å². The van der Waals surface area contributed by atoms with Crippen molar-refractivity contribution in [3.8, 4) is 17.0 Å². The van der Waals surface area contributed by atoms with Crippen LogP contribution in [0, 0.1) is 0 Å². The van der Waals surface area contributed by atoms with Gasteiger partial charge < -0.3 is 20.1 Å². The highest BCUT2D eigenvalue weighted by Gasteiger charge is 2.15. The van der Waals surface area contributed by atoms with E-state index in [4.69, 9.17) is 0 Å².